The van der Waals surface area contributed by atoms with Crippen molar-refractivity contribution < 1.29 is 14.6 Å². The number of halogens is 1. The zero-order chi connectivity index (χ0) is 14.5. The Balaban J connectivity index is 2.12. The summed E-state index contributed by atoms with van der Waals surface area (Å²) in [5.41, 5.74) is 2.13. The van der Waals surface area contributed by atoms with Crippen molar-refractivity contribution in [1.82, 2.24) is 0 Å². The van der Waals surface area contributed by atoms with Crippen molar-refractivity contribution in [3.63, 3.8) is 0 Å². The van der Waals surface area contributed by atoms with Gasteiger partial charge in [-0.1, -0.05) is 24.9 Å². The standard InChI is InChI=1S/C16H23ClO3/c1-3-5-15(19-4-2)14(18)10-12-9-13(17)8-11-6-7-20-16(11)12/h8-9,14-15,18H,3-7,10H2,1-2H3. The summed E-state index contributed by atoms with van der Waals surface area (Å²) >= 11 is 6.15. The Labute approximate surface area is 125 Å². The molecule has 0 radical (unpaired) electrons. The minimum atomic E-state index is -0.526. The summed E-state index contributed by atoms with van der Waals surface area (Å²) in [7, 11) is 0. The SMILES string of the molecule is CCCC(OCC)C(O)Cc1cc(Cl)cc2c1OCC2. The Morgan fingerprint density at radius 2 is 2.20 bits per heavy atom. The average Bonchev–Trinajstić information content (AvgIpc) is 2.86. The van der Waals surface area contributed by atoms with Gasteiger partial charge < -0.3 is 14.6 Å². The fourth-order valence-electron chi connectivity index (χ4n) is 2.74. The third-order valence-corrected chi connectivity index (χ3v) is 3.86. The van der Waals surface area contributed by atoms with Crippen LogP contribution in [0.4, 0.5) is 0 Å². The average molecular weight is 299 g/mol. The molecule has 1 heterocycles. The van der Waals surface area contributed by atoms with Crippen LogP contribution in [0.3, 0.4) is 0 Å². The maximum Gasteiger partial charge on any atom is 0.126 e. The molecule has 0 spiro atoms. The van der Waals surface area contributed by atoms with Crippen LogP contribution in [-0.4, -0.2) is 30.5 Å². The first-order chi connectivity index (χ1) is 9.65. The molecule has 1 aliphatic rings. The molecule has 0 saturated carbocycles. The summed E-state index contributed by atoms with van der Waals surface area (Å²) in [6.07, 6.45) is 2.61. The minimum absolute atomic E-state index is 0.124. The molecule has 3 nitrogen and oxygen atoms in total. The van der Waals surface area contributed by atoms with E-state index in [2.05, 4.69) is 6.92 Å². The molecule has 0 aliphatic carbocycles. The van der Waals surface area contributed by atoms with Crippen molar-refractivity contribution >= 4 is 11.6 Å². The number of aliphatic hydroxyl groups excluding tert-OH is 1. The summed E-state index contributed by atoms with van der Waals surface area (Å²) in [5, 5.41) is 11.1. The highest BCUT2D eigenvalue weighted by Crippen LogP contribution is 2.34. The number of ether oxygens (including phenoxy) is 2. The molecule has 0 bridgehead atoms. The predicted octanol–water partition coefficient (Wildman–Crippen LogP) is 3.38. The lowest BCUT2D eigenvalue weighted by molar-refractivity contribution is -0.0365. The van der Waals surface area contributed by atoms with Crippen LogP contribution >= 0.6 is 11.6 Å². The summed E-state index contributed by atoms with van der Waals surface area (Å²) in [4.78, 5) is 0. The molecular formula is C16H23ClO3. The van der Waals surface area contributed by atoms with E-state index in [4.69, 9.17) is 21.1 Å². The summed E-state index contributed by atoms with van der Waals surface area (Å²) in [6, 6.07) is 3.84. The van der Waals surface area contributed by atoms with Crippen LogP contribution in [0.1, 0.15) is 37.8 Å². The van der Waals surface area contributed by atoms with E-state index in [0.717, 1.165) is 36.1 Å². The molecule has 20 heavy (non-hydrogen) atoms. The predicted molar refractivity (Wildman–Crippen MR) is 80.7 cm³/mol. The Bertz CT molecular complexity index is 442. The quantitative estimate of drug-likeness (QED) is 0.838. The van der Waals surface area contributed by atoms with E-state index in [1.54, 1.807) is 0 Å². The second kappa shape index (κ2) is 7.30. The van der Waals surface area contributed by atoms with Gasteiger partial charge >= 0.3 is 0 Å². The smallest absolute Gasteiger partial charge is 0.126 e. The molecule has 0 amide bonds. The molecule has 4 heteroatoms. The van der Waals surface area contributed by atoms with E-state index in [0.29, 0.717) is 24.7 Å². The van der Waals surface area contributed by atoms with Gasteiger partial charge in [-0.3, -0.25) is 0 Å². The highest BCUT2D eigenvalue weighted by atomic mass is 35.5. The zero-order valence-electron chi connectivity index (χ0n) is 12.2. The Morgan fingerprint density at radius 1 is 1.40 bits per heavy atom. The van der Waals surface area contributed by atoms with Gasteiger partial charge in [0.2, 0.25) is 0 Å². The van der Waals surface area contributed by atoms with Gasteiger partial charge in [0.1, 0.15) is 5.75 Å². The molecule has 1 aromatic carbocycles. The Morgan fingerprint density at radius 3 is 2.90 bits per heavy atom. The molecule has 1 N–H and O–H groups in total. The van der Waals surface area contributed by atoms with Gasteiger partial charge in [0, 0.05) is 24.5 Å². The van der Waals surface area contributed by atoms with E-state index < -0.39 is 6.10 Å². The van der Waals surface area contributed by atoms with Crippen molar-refractivity contribution in [2.75, 3.05) is 13.2 Å². The summed E-state index contributed by atoms with van der Waals surface area (Å²) < 4.78 is 11.3. The first kappa shape index (κ1) is 15.6. The van der Waals surface area contributed by atoms with Gasteiger partial charge in [-0.25, -0.2) is 0 Å². The molecule has 1 aromatic rings. The second-order valence-electron chi connectivity index (χ2n) is 5.21. The lowest BCUT2D eigenvalue weighted by atomic mass is 9.98. The fourth-order valence-corrected chi connectivity index (χ4v) is 3.00. The molecule has 0 saturated heterocycles. The first-order valence-corrected chi connectivity index (χ1v) is 7.77. The molecule has 1 aliphatic heterocycles. The van der Waals surface area contributed by atoms with Crippen molar-refractivity contribution in [1.29, 1.82) is 0 Å². The van der Waals surface area contributed by atoms with Gasteiger partial charge in [-0.2, -0.15) is 0 Å². The number of aliphatic hydroxyl groups is 1. The van der Waals surface area contributed by atoms with Crippen molar-refractivity contribution in [2.45, 2.75) is 51.7 Å². The number of benzene rings is 1. The normalized spacial score (nSPS) is 16.6. The van der Waals surface area contributed by atoms with Crippen LogP contribution in [-0.2, 0) is 17.6 Å². The van der Waals surface area contributed by atoms with Crippen LogP contribution in [0.25, 0.3) is 0 Å². The highest BCUT2D eigenvalue weighted by Gasteiger charge is 2.24. The van der Waals surface area contributed by atoms with Crippen LogP contribution in [0, 0.1) is 0 Å². The van der Waals surface area contributed by atoms with Crippen LogP contribution in [0.15, 0.2) is 12.1 Å². The van der Waals surface area contributed by atoms with E-state index in [9.17, 15) is 5.11 Å². The van der Waals surface area contributed by atoms with Gasteiger partial charge in [0.25, 0.3) is 0 Å². The van der Waals surface area contributed by atoms with Crippen LogP contribution in [0.2, 0.25) is 5.02 Å². The zero-order valence-corrected chi connectivity index (χ0v) is 12.9. The summed E-state index contributed by atoms with van der Waals surface area (Å²) in [6.45, 7) is 5.36. The van der Waals surface area contributed by atoms with Crippen LogP contribution in [0.5, 0.6) is 5.75 Å². The largest absolute Gasteiger partial charge is 0.493 e. The van der Waals surface area contributed by atoms with Crippen LogP contribution < -0.4 is 4.74 Å². The fraction of sp³-hybridized carbons (Fsp3) is 0.625. The number of hydrogen-bond donors (Lipinski definition) is 1. The molecule has 0 aromatic heterocycles. The van der Waals surface area contributed by atoms with E-state index >= 15 is 0 Å². The number of rotatable bonds is 7. The van der Waals surface area contributed by atoms with E-state index in [-0.39, 0.29) is 6.10 Å². The van der Waals surface area contributed by atoms with Gasteiger partial charge in [0.15, 0.2) is 0 Å². The monoisotopic (exact) mass is 298 g/mol. The maximum absolute atomic E-state index is 10.4. The Hall–Kier alpha value is -0.770. The van der Waals surface area contributed by atoms with E-state index in [1.807, 2.05) is 19.1 Å². The Kier molecular flexibility index (Phi) is 5.70. The number of fused-ring (bicyclic) bond motifs is 1. The topological polar surface area (TPSA) is 38.7 Å². The van der Waals surface area contributed by atoms with Gasteiger partial charge in [-0.15, -0.1) is 0 Å². The van der Waals surface area contributed by atoms with E-state index in [1.165, 1.54) is 0 Å². The van der Waals surface area contributed by atoms with Crippen molar-refractivity contribution in [3.8, 4) is 5.75 Å². The number of hydrogen-bond acceptors (Lipinski definition) is 3. The third kappa shape index (κ3) is 3.66. The highest BCUT2D eigenvalue weighted by molar-refractivity contribution is 6.30. The molecule has 2 unspecified atom stereocenters. The molecule has 2 rings (SSSR count). The third-order valence-electron chi connectivity index (χ3n) is 3.64. The van der Waals surface area contributed by atoms with Crippen molar-refractivity contribution in [3.05, 3.63) is 28.3 Å². The lowest BCUT2D eigenvalue weighted by Crippen LogP contribution is -2.31. The second-order valence-corrected chi connectivity index (χ2v) is 5.64. The maximum atomic E-state index is 10.4. The molecule has 112 valence electrons. The molecule has 2 atom stereocenters. The van der Waals surface area contributed by atoms with Gasteiger partial charge in [0.05, 0.1) is 18.8 Å². The minimum Gasteiger partial charge on any atom is -0.493 e. The molecular weight excluding hydrogens is 276 g/mol. The lowest BCUT2D eigenvalue weighted by Gasteiger charge is -2.23. The van der Waals surface area contributed by atoms with Crippen molar-refractivity contribution in [2.24, 2.45) is 0 Å². The van der Waals surface area contributed by atoms with Gasteiger partial charge in [-0.05, 0) is 36.6 Å². The first-order valence-electron chi connectivity index (χ1n) is 7.39. The molecule has 0 fully saturated rings. The summed E-state index contributed by atoms with van der Waals surface area (Å²) in [5.74, 6) is 0.903.